The number of hydrogen-bond donors (Lipinski definition) is 19. The van der Waals surface area contributed by atoms with E-state index in [2.05, 4.69) is 63.1 Å². The van der Waals surface area contributed by atoms with Crippen LogP contribution >= 0.6 is 11.8 Å². The number of benzene rings is 3. The summed E-state index contributed by atoms with van der Waals surface area (Å²) in [5, 5.41) is 39.4. The Hall–Kier alpha value is -12.3. The van der Waals surface area contributed by atoms with E-state index in [0.29, 0.717) is 76.3 Å². The molecule has 3 aliphatic rings. The first kappa shape index (κ1) is 105. The highest BCUT2D eigenvalue weighted by molar-refractivity contribution is 8.00. The third-order valence-corrected chi connectivity index (χ3v) is 25.1. The maximum atomic E-state index is 15.8. The van der Waals surface area contributed by atoms with Crippen LogP contribution in [0.3, 0.4) is 0 Å². The summed E-state index contributed by atoms with van der Waals surface area (Å²) >= 11 is 0.803. The summed E-state index contributed by atoms with van der Waals surface area (Å²) in [6, 6.07) is -0.248. The number of likely N-dealkylation sites (N-methyl/N-ethyl adjacent to an activating group) is 3. The Labute approximate surface area is 770 Å². The average Bonchev–Trinajstić information content (AvgIpc) is 1.60. The molecule has 3 aliphatic heterocycles. The molecule has 43 heteroatoms. The Morgan fingerprint density at radius 1 is 0.492 bits per heavy atom. The lowest BCUT2D eigenvalue weighted by molar-refractivity contribution is -0.149. The van der Waals surface area contributed by atoms with E-state index >= 15 is 33.6 Å². The van der Waals surface area contributed by atoms with Crippen molar-refractivity contribution in [2.24, 2.45) is 34.4 Å². The zero-order valence-corrected chi connectivity index (χ0v) is 76.8. The summed E-state index contributed by atoms with van der Waals surface area (Å²) in [5.41, 5.74) is 38.5. The first-order valence-electron chi connectivity index (χ1n) is 44.9. The van der Waals surface area contributed by atoms with Crippen LogP contribution in [-0.2, 0) is 101 Å². The van der Waals surface area contributed by atoms with Crippen LogP contribution in [-0.4, -0.2) is 316 Å². The van der Waals surface area contributed by atoms with Gasteiger partial charge in [0.25, 0.3) is 0 Å². The molecule has 0 bridgehead atoms. The number of carbonyl (C=O) groups is 17. The van der Waals surface area contributed by atoms with Crippen LogP contribution in [0.2, 0.25) is 0 Å². The minimum atomic E-state index is -1.76. The molecule has 0 unspecified atom stereocenters. The van der Waals surface area contributed by atoms with Gasteiger partial charge in [0, 0.05) is 106 Å². The SMILES string of the molecule is CCCC[C@H]1C(=O)N(C)[C@@H](CCCC)C(=O)N[C@@H](CCCN)C(=O)N[C@H](C(=O)NCC(N)=O)CSCC(=O)N[C@@H](Cc2ccc(OC)cc2)C(=O)N(C)[C@@H](C)C(=O)N[C@H](CC(N)=O)C(=O)N2CCC[C@H]2C(=O)N[C@@H](CN)C(=O)N[C@@H](CCCCN)C(=O)N2C[C@H](O)C[C@H]2C(=O)N[C@@H](Cc2c[nH]c3ccccc23)C(=O)N[C@@H](CCN)C(=O)N[C@@H](Cc2c[nH]c3ccccc23)C(=O)N1C. The maximum absolute atomic E-state index is 15.8. The van der Waals surface area contributed by atoms with Crippen molar-refractivity contribution in [1.29, 1.82) is 0 Å². The van der Waals surface area contributed by atoms with E-state index in [4.69, 9.17) is 39.1 Å². The zero-order valence-electron chi connectivity index (χ0n) is 75.9. The smallest absolute Gasteiger partial charge is 0.246 e. The Bertz CT molecular complexity index is 4860. The first-order valence-corrected chi connectivity index (χ1v) is 46.0. The topological polar surface area (TPSA) is 644 Å². The number of aromatic nitrogens is 2. The van der Waals surface area contributed by atoms with Crippen molar-refractivity contribution in [3.05, 3.63) is 102 Å². The molecule has 2 aromatic heterocycles. The number of methoxy groups -OCH3 is 1. The van der Waals surface area contributed by atoms with Gasteiger partial charge in [-0.1, -0.05) is 88.1 Å². The molecule has 722 valence electrons. The van der Waals surface area contributed by atoms with Gasteiger partial charge in [-0.15, -0.1) is 11.8 Å². The van der Waals surface area contributed by atoms with Gasteiger partial charge in [-0.3, -0.25) is 81.5 Å². The molecule has 17 amide bonds. The van der Waals surface area contributed by atoms with Crippen LogP contribution in [0.15, 0.2) is 85.2 Å². The van der Waals surface area contributed by atoms with Gasteiger partial charge in [0.2, 0.25) is 100 Å². The minimum Gasteiger partial charge on any atom is -0.497 e. The number of nitrogens with one attached hydrogen (secondary N) is 12. The molecule has 3 aromatic carbocycles. The Morgan fingerprint density at radius 2 is 1.01 bits per heavy atom. The fourth-order valence-corrected chi connectivity index (χ4v) is 17.3. The van der Waals surface area contributed by atoms with Crippen LogP contribution in [0.4, 0.5) is 0 Å². The minimum absolute atomic E-state index is 0.00744. The fraction of sp³-hybridized carbons (Fsp3) is 0.562. The van der Waals surface area contributed by atoms with Crippen molar-refractivity contribution >= 4 is 134 Å². The molecule has 0 aliphatic carbocycles. The molecule has 15 atom stereocenters. The van der Waals surface area contributed by atoms with E-state index in [0.717, 1.165) is 26.5 Å². The largest absolute Gasteiger partial charge is 0.497 e. The quantitative estimate of drug-likeness (QED) is 0.0214. The van der Waals surface area contributed by atoms with Crippen molar-refractivity contribution in [3.8, 4) is 5.75 Å². The number of carbonyl (C=O) groups excluding carboxylic acids is 17. The van der Waals surface area contributed by atoms with Crippen LogP contribution in [0.5, 0.6) is 5.75 Å². The molecule has 42 nitrogen and oxygen atoms in total. The highest BCUT2D eigenvalue weighted by Crippen LogP contribution is 2.28. The lowest BCUT2D eigenvalue weighted by atomic mass is 9.99. The number of H-pyrrole nitrogens is 2. The van der Waals surface area contributed by atoms with Gasteiger partial charge in [-0.25, -0.2) is 0 Å². The molecule has 132 heavy (non-hydrogen) atoms. The van der Waals surface area contributed by atoms with Gasteiger partial charge in [0.1, 0.15) is 90.3 Å². The summed E-state index contributed by atoms with van der Waals surface area (Å²) in [5.74, 6) is -15.8. The predicted molar refractivity (Wildman–Crippen MR) is 491 cm³/mol. The van der Waals surface area contributed by atoms with E-state index in [1.807, 2.05) is 19.9 Å². The van der Waals surface area contributed by atoms with Crippen molar-refractivity contribution in [2.45, 2.75) is 233 Å². The number of nitrogens with two attached hydrogens (primary N) is 6. The number of fused-ring (bicyclic) bond motifs is 4. The second-order valence-electron chi connectivity index (χ2n) is 33.6. The molecular weight excluding hydrogens is 1730 g/mol. The Morgan fingerprint density at radius 3 is 1.61 bits per heavy atom. The van der Waals surface area contributed by atoms with Crippen LogP contribution in [0.25, 0.3) is 21.8 Å². The highest BCUT2D eigenvalue weighted by Gasteiger charge is 2.47. The Kier molecular flexibility index (Phi) is 41.0. The number of rotatable bonds is 28. The molecule has 8 rings (SSSR count). The molecule has 3 saturated heterocycles. The molecule has 0 saturated carbocycles. The second kappa shape index (κ2) is 51.5. The van der Waals surface area contributed by atoms with Crippen molar-refractivity contribution in [3.63, 3.8) is 0 Å². The van der Waals surface area contributed by atoms with Gasteiger partial charge in [-0.2, -0.15) is 0 Å². The molecule has 5 heterocycles. The number of amides is 17. The number of thioether (sulfide) groups is 1. The number of unbranched alkanes of at least 4 members (excludes halogenated alkanes) is 3. The normalized spacial score (nSPS) is 25.1. The van der Waals surface area contributed by atoms with Gasteiger partial charge < -0.3 is 132 Å². The molecule has 0 spiro atoms. The van der Waals surface area contributed by atoms with Crippen LogP contribution in [0.1, 0.15) is 140 Å². The van der Waals surface area contributed by atoms with Crippen LogP contribution < -0.4 is 92.3 Å². The number of aliphatic hydroxyl groups is 1. The summed E-state index contributed by atoms with van der Waals surface area (Å²) in [6.07, 6.45) is 2.37. The standard InChI is InChI=1S/C89H131N23O19S/c1-8-10-26-69-82(123)101-60(25-18-35-91)78(119)107-68(77(118)98-46-74(95)115)48-132-49-75(116)99-64(38-51-29-31-55(131-7)32-30-51)85(126)108(4)50(3)76(117)104-66(42-73(94)114)88(129)111-37-19-28-70(111)83(124)106-67(43-93)81(122)102-62(24-16-17-34-90)87(128)112-47-54(113)41-72(112)84(125)103-63(39-52-44-96-58-22-14-12-20-56(52)58)80(121)100-61(33-36-92)79(120)105-65(40-53-45-97-59-23-15-13-21-57(53)59)86(127)110(6)71(27-11-9-2)89(130)109(69)5/h12-15,20-23,29-32,44-45,50,54,60-72,96-97,113H,8-11,16-19,24-28,33-43,46-49,90-93H2,1-7H3,(H2,94,114)(H2,95,115)(H,98,118)(H,99,116)(H,100,121)(H,101,123)(H,102,122)(H,103,125)(H,104,117)(H,105,120)(H,106,124)(H,107,119)/t50-,54+,60-,61-,62-,63-,64-,65-,66+,67-,68-,69-,70-,71-,72-/m0/s1. The third-order valence-electron chi connectivity index (χ3n) is 24.0. The number of hydrogen-bond acceptors (Lipinski definition) is 24. The molecule has 5 aromatic rings. The fourth-order valence-electron chi connectivity index (χ4n) is 16.4. The molecule has 0 radical (unpaired) electrons. The summed E-state index contributed by atoms with van der Waals surface area (Å²) in [6.45, 7) is 3.14. The molecule has 3 fully saturated rings. The zero-order chi connectivity index (χ0) is 96.6. The van der Waals surface area contributed by atoms with Crippen molar-refractivity contribution in [1.82, 2.24) is 87.6 Å². The second-order valence-corrected chi connectivity index (χ2v) is 34.6. The number of ether oxygens (including phenoxy) is 1. The van der Waals surface area contributed by atoms with Gasteiger partial charge >= 0.3 is 0 Å². The molecular formula is C89H131N23O19S. The number of nitrogens with zero attached hydrogens (tertiary/aromatic N) is 5. The van der Waals surface area contributed by atoms with E-state index < -0.39 is 229 Å². The lowest BCUT2D eigenvalue weighted by Crippen LogP contribution is -2.61. The number of primary amides is 2. The van der Waals surface area contributed by atoms with E-state index in [9.17, 15) is 53.1 Å². The van der Waals surface area contributed by atoms with Crippen molar-refractivity contribution < 1.29 is 91.4 Å². The average molecular weight is 1860 g/mol. The van der Waals surface area contributed by atoms with Gasteiger partial charge in [-0.05, 0) is 132 Å². The Balaban J connectivity index is 1.19. The highest BCUT2D eigenvalue weighted by atomic mass is 32.2. The predicted octanol–water partition coefficient (Wildman–Crippen LogP) is -3.72. The lowest BCUT2D eigenvalue weighted by Gasteiger charge is -2.36. The number of aromatic amines is 2. The maximum Gasteiger partial charge on any atom is 0.246 e. The van der Waals surface area contributed by atoms with E-state index in [1.54, 1.807) is 79.1 Å². The summed E-state index contributed by atoms with van der Waals surface area (Å²) < 4.78 is 5.34. The number of aliphatic hydroxyl groups excluding tert-OH is 1. The number of para-hydroxylation sites is 2. The first-order chi connectivity index (χ1) is 63.1. The molecule has 25 N–H and O–H groups in total. The van der Waals surface area contributed by atoms with Crippen LogP contribution in [0, 0.1) is 0 Å². The van der Waals surface area contributed by atoms with Crippen molar-refractivity contribution in [2.75, 3.05) is 85.6 Å². The van der Waals surface area contributed by atoms with E-state index in [1.165, 1.54) is 45.0 Å². The van der Waals surface area contributed by atoms with E-state index in [-0.39, 0.29) is 110 Å². The van der Waals surface area contributed by atoms with Gasteiger partial charge in [0.05, 0.1) is 31.9 Å². The summed E-state index contributed by atoms with van der Waals surface area (Å²) in [4.78, 5) is 261. The third kappa shape index (κ3) is 29.1. The van der Waals surface area contributed by atoms with Gasteiger partial charge in [0.15, 0.2) is 0 Å². The summed E-state index contributed by atoms with van der Waals surface area (Å²) in [7, 11) is 5.45. The monoisotopic (exact) mass is 1860 g/mol.